The lowest BCUT2D eigenvalue weighted by atomic mass is 9.90. The van der Waals surface area contributed by atoms with Crippen LogP contribution >= 0.6 is 0 Å². The standard InChI is InChI=1S/C13H20N2O/c1-10-12(6-8-16-10)13(14-2)9-11-5-3-4-7-15-11/h3-5,7,10,12-14H,6,8-9H2,1-2H3. The Morgan fingerprint density at radius 1 is 1.56 bits per heavy atom. The van der Waals surface area contributed by atoms with Crippen LogP contribution in [0.4, 0.5) is 0 Å². The number of hydrogen-bond donors (Lipinski definition) is 1. The minimum absolute atomic E-state index is 0.362. The van der Waals surface area contributed by atoms with E-state index in [2.05, 4.69) is 23.3 Å². The quantitative estimate of drug-likeness (QED) is 0.837. The van der Waals surface area contributed by atoms with Crippen molar-refractivity contribution in [2.45, 2.75) is 31.9 Å². The fraction of sp³-hybridized carbons (Fsp3) is 0.615. The van der Waals surface area contributed by atoms with Crippen molar-refractivity contribution in [2.75, 3.05) is 13.7 Å². The molecule has 2 heterocycles. The molecule has 88 valence electrons. The number of nitrogens with one attached hydrogen (secondary N) is 1. The monoisotopic (exact) mass is 220 g/mol. The third-order valence-electron chi connectivity index (χ3n) is 3.48. The van der Waals surface area contributed by atoms with Gasteiger partial charge < -0.3 is 10.1 Å². The molecule has 1 fully saturated rings. The van der Waals surface area contributed by atoms with Crippen LogP contribution in [0.25, 0.3) is 0 Å². The predicted octanol–water partition coefficient (Wildman–Crippen LogP) is 1.64. The van der Waals surface area contributed by atoms with Crippen LogP contribution in [0.2, 0.25) is 0 Å². The first kappa shape index (κ1) is 11.6. The Morgan fingerprint density at radius 3 is 3.00 bits per heavy atom. The molecule has 0 radical (unpaired) electrons. The van der Waals surface area contributed by atoms with E-state index in [1.807, 2.05) is 25.4 Å². The summed E-state index contributed by atoms with van der Waals surface area (Å²) < 4.78 is 5.63. The zero-order valence-corrected chi connectivity index (χ0v) is 10.0. The highest BCUT2D eigenvalue weighted by Crippen LogP contribution is 2.25. The van der Waals surface area contributed by atoms with E-state index < -0.39 is 0 Å². The van der Waals surface area contributed by atoms with Gasteiger partial charge in [0.25, 0.3) is 0 Å². The molecule has 0 saturated carbocycles. The zero-order valence-electron chi connectivity index (χ0n) is 10.0. The van der Waals surface area contributed by atoms with Gasteiger partial charge in [0.05, 0.1) is 6.10 Å². The van der Waals surface area contributed by atoms with Gasteiger partial charge in [-0.2, -0.15) is 0 Å². The number of ether oxygens (including phenoxy) is 1. The van der Waals surface area contributed by atoms with Crippen molar-refractivity contribution in [1.82, 2.24) is 10.3 Å². The molecule has 0 spiro atoms. The summed E-state index contributed by atoms with van der Waals surface area (Å²) in [5.74, 6) is 0.604. The van der Waals surface area contributed by atoms with E-state index in [-0.39, 0.29) is 0 Å². The molecule has 1 N–H and O–H groups in total. The van der Waals surface area contributed by atoms with Crippen LogP contribution in [-0.4, -0.2) is 30.8 Å². The van der Waals surface area contributed by atoms with E-state index in [1.165, 1.54) is 0 Å². The van der Waals surface area contributed by atoms with E-state index in [0.717, 1.165) is 25.1 Å². The Bertz CT molecular complexity index is 315. The Kier molecular flexibility index (Phi) is 3.91. The van der Waals surface area contributed by atoms with Gasteiger partial charge in [-0.05, 0) is 32.5 Å². The maximum Gasteiger partial charge on any atom is 0.0590 e. The van der Waals surface area contributed by atoms with Crippen molar-refractivity contribution >= 4 is 0 Å². The zero-order chi connectivity index (χ0) is 11.4. The lowest BCUT2D eigenvalue weighted by molar-refractivity contribution is 0.0962. The van der Waals surface area contributed by atoms with Crippen LogP contribution < -0.4 is 5.32 Å². The fourth-order valence-electron chi connectivity index (χ4n) is 2.49. The lowest BCUT2D eigenvalue weighted by Gasteiger charge is -2.25. The average Bonchev–Trinajstić information content (AvgIpc) is 2.74. The molecular weight excluding hydrogens is 200 g/mol. The molecule has 0 amide bonds. The molecule has 1 aliphatic rings. The fourth-order valence-corrected chi connectivity index (χ4v) is 2.49. The first-order valence-electron chi connectivity index (χ1n) is 6.00. The van der Waals surface area contributed by atoms with Crippen LogP contribution in [0.3, 0.4) is 0 Å². The molecule has 1 aromatic rings. The van der Waals surface area contributed by atoms with Gasteiger partial charge in [-0.25, -0.2) is 0 Å². The van der Waals surface area contributed by atoms with Gasteiger partial charge in [-0.3, -0.25) is 4.98 Å². The van der Waals surface area contributed by atoms with Gasteiger partial charge in [-0.1, -0.05) is 6.07 Å². The van der Waals surface area contributed by atoms with Crippen molar-refractivity contribution in [3.8, 4) is 0 Å². The van der Waals surface area contributed by atoms with E-state index in [0.29, 0.717) is 18.1 Å². The Balaban J connectivity index is 2.00. The van der Waals surface area contributed by atoms with Gasteiger partial charge in [0.15, 0.2) is 0 Å². The molecule has 16 heavy (non-hydrogen) atoms. The first-order valence-corrected chi connectivity index (χ1v) is 6.00. The number of likely N-dealkylation sites (N-methyl/N-ethyl adjacent to an activating group) is 1. The lowest BCUT2D eigenvalue weighted by Crippen LogP contribution is -2.38. The minimum atomic E-state index is 0.362. The molecule has 0 aliphatic carbocycles. The Hall–Kier alpha value is -0.930. The third kappa shape index (κ3) is 2.60. The largest absolute Gasteiger partial charge is 0.378 e. The second-order valence-electron chi connectivity index (χ2n) is 4.45. The Labute approximate surface area is 97.2 Å². The SMILES string of the molecule is CNC(Cc1ccccn1)C1CCOC1C. The topological polar surface area (TPSA) is 34.2 Å². The summed E-state index contributed by atoms with van der Waals surface area (Å²) in [6, 6.07) is 6.56. The number of pyridine rings is 1. The molecule has 1 saturated heterocycles. The summed E-state index contributed by atoms with van der Waals surface area (Å²) in [5.41, 5.74) is 1.15. The second kappa shape index (κ2) is 5.41. The highest BCUT2D eigenvalue weighted by atomic mass is 16.5. The van der Waals surface area contributed by atoms with Crippen LogP contribution in [-0.2, 0) is 11.2 Å². The third-order valence-corrected chi connectivity index (χ3v) is 3.48. The number of rotatable bonds is 4. The van der Waals surface area contributed by atoms with Crippen molar-refractivity contribution in [3.05, 3.63) is 30.1 Å². The van der Waals surface area contributed by atoms with E-state index in [9.17, 15) is 0 Å². The summed E-state index contributed by atoms with van der Waals surface area (Å²) in [6.07, 6.45) is 4.35. The highest BCUT2D eigenvalue weighted by molar-refractivity contribution is 5.06. The van der Waals surface area contributed by atoms with Gasteiger partial charge in [0.2, 0.25) is 0 Å². The summed E-state index contributed by atoms with van der Waals surface area (Å²) in [6.45, 7) is 3.06. The van der Waals surface area contributed by atoms with Crippen LogP contribution in [0, 0.1) is 5.92 Å². The van der Waals surface area contributed by atoms with E-state index in [4.69, 9.17) is 4.74 Å². The molecule has 3 unspecified atom stereocenters. The van der Waals surface area contributed by atoms with Gasteiger partial charge in [0.1, 0.15) is 0 Å². The molecular formula is C13H20N2O. The van der Waals surface area contributed by atoms with Crippen LogP contribution in [0.1, 0.15) is 19.0 Å². The summed E-state index contributed by atoms with van der Waals surface area (Å²) in [4.78, 5) is 4.38. The minimum Gasteiger partial charge on any atom is -0.378 e. The summed E-state index contributed by atoms with van der Waals surface area (Å²) in [5, 5.41) is 3.40. The molecule has 1 aromatic heterocycles. The Morgan fingerprint density at radius 2 is 2.44 bits per heavy atom. The molecule has 1 aliphatic heterocycles. The van der Waals surface area contributed by atoms with Crippen molar-refractivity contribution in [2.24, 2.45) is 5.92 Å². The summed E-state index contributed by atoms with van der Waals surface area (Å²) in [7, 11) is 2.03. The normalized spacial score (nSPS) is 26.9. The molecule has 2 rings (SSSR count). The van der Waals surface area contributed by atoms with Crippen molar-refractivity contribution in [3.63, 3.8) is 0 Å². The van der Waals surface area contributed by atoms with Gasteiger partial charge in [-0.15, -0.1) is 0 Å². The van der Waals surface area contributed by atoms with Gasteiger partial charge >= 0.3 is 0 Å². The van der Waals surface area contributed by atoms with Crippen molar-refractivity contribution < 1.29 is 4.74 Å². The van der Waals surface area contributed by atoms with Crippen LogP contribution in [0.5, 0.6) is 0 Å². The average molecular weight is 220 g/mol. The maximum absolute atomic E-state index is 5.63. The highest BCUT2D eigenvalue weighted by Gasteiger charge is 2.31. The predicted molar refractivity (Wildman–Crippen MR) is 64.3 cm³/mol. The smallest absolute Gasteiger partial charge is 0.0590 e. The number of hydrogen-bond acceptors (Lipinski definition) is 3. The molecule has 3 atom stereocenters. The van der Waals surface area contributed by atoms with Gasteiger partial charge in [0, 0.05) is 36.9 Å². The summed E-state index contributed by atoms with van der Waals surface area (Å²) >= 11 is 0. The molecule has 3 heteroatoms. The number of aromatic nitrogens is 1. The molecule has 0 bridgehead atoms. The second-order valence-corrected chi connectivity index (χ2v) is 4.45. The van der Waals surface area contributed by atoms with Crippen LogP contribution in [0.15, 0.2) is 24.4 Å². The van der Waals surface area contributed by atoms with E-state index >= 15 is 0 Å². The first-order chi connectivity index (χ1) is 7.81. The van der Waals surface area contributed by atoms with E-state index in [1.54, 1.807) is 0 Å². The van der Waals surface area contributed by atoms with Crippen molar-refractivity contribution in [1.29, 1.82) is 0 Å². The maximum atomic E-state index is 5.63. The molecule has 0 aromatic carbocycles. The molecule has 3 nitrogen and oxygen atoms in total. The number of nitrogens with zero attached hydrogens (tertiary/aromatic N) is 1.